The zero-order chi connectivity index (χ0) is 18.4. The third kappa shape index (κ3) is 5.66. The van der Waals surface area contributed by atoms with E-state index in [0.717, 1.165) is 17.8 Å². The summed E-state index contributed by atoms with van der Waals surface area (Å²) in [5.41, 5.74) is 1.07. The van der Waals surface area contributed by atoms with Gasteiger partial charge in [0.05, 0.1) is 6.42 Å². The van der Waals surface area contributed by atoms with Crippen molar-refractivity contribution < 1.29 is 18.0 Å². The number of anilines is 1. The van der Waals surface area contributed by atoms with Gasteiger partial charge in [0.25, 0.3) is 5.91 Å². The molecule has 0 unspecified atom stereocenters. The molecule has 1 aromatic heterocycles. The van der Waals surface area contributed by atoms with Gasteiger partial charge in [0.1, 0.15) is 4.21 Å². The van der Waals surface area contributed by atoms with Gasteiger partial charge in [-0.2, -0.15) is 0 Å². The number of nitrogens with two attached hydrogens (primary N) is 1. The Kier molecular flexibility index (Phi) is 6.29. The third-order valence-corrected chi connectivity index (χ3v) is 5.74. The lowest BCUT2D eigenvalue weighted by molar-refractivity contribution is -0.115. The van der Waals surface area contributed by atoms with Crippen LogP contribution in [-0.2, 0) is 21.2 Å². The van der Waals surface area contributed by atoms with E-state index in [2.05, 4.69) is 10.6 Å². The van der Waals surface area contributed by atoms with Crippen LogP contribution in [0.5, 0.6) is 0 Å². The quantitative estimate of drug-likeness (QED) is 0.676. The molecule has 0 bridgehead atoms. The maximum absolute atomic E-state index is 12.0. The Bertz CT molecular complexity index is 858. The number of primary sulfonamides is 1. The summed E-state index contributed by atoms with van der Waals surface area (Å²) in [6, 6.07) is 9.49. The molecule has 0 saturated heterocycles. The van der Waals surface area contributed by atoms with Gasteiger partial charge in [-0.3, -0.25) is 9.59 Å². The van der Waals surface area contributed by atoms with E-state index < -0.39 is 10.0 Å². The Morgan fingerprint density at radius 1 is 1.12 bits per heavy atom. The van der Waals surface area contributed by atoms with Gasteiger partial charge in [-0.25, -0.2) is 13.6 Å². The molecule has 0 aliphatic carbocycles. The van der Waals surface area contributed by atoms with Crippen LogP contribution < -0.4 is 15.8 Å². The summed E-state index contributed by atoms with van der Waals surface area (Å²) in [5, 5.41) is 10.5. The van der Waals surface area contributed by atoms with E-state index in [1.165, 1.54) is 6.07 Å². The maximum atomic E-state index is 12.0. The van der Waals surface area contributed by atoms with Crippen molar-refractivity contribution in [3.05, 3.63) is 46.8 Å². The number of hydrogen-bond acceptors (Lipinski definition) is 5. The van der Waals surface area contributed by atoms with E-state index in [4.69, 9.17) is 5.14 Å². The summed E-state index contributed by atoms with van der Waals surface area (Å²) in [5.74, 6) is -0.445. The number of hydrogen-bond donors (Lipinski definition) is 3. The van der Waals surface area contributed by atoms with Crippen LogP contribution in [0.2, 0.25) is 0 Å². The van der Waals surface area contributed by atoms with Gasteiger partial charge in [0.2, 0.25) is 15.9 Å². The Hall–Kier alpha value is -2.23. The molecule has 134 valence electrons. The number of amides is 2. The van der Waals surface area contributed by atoms with Crippen molar-refractivity contribution in [2.24, 2.45) is 5.14 Å². The largest absolute Gasteiger partial charge is 0.352 e. The van der Waals surface area contributed by atoms with E-state index in [0.29, 0.717) is 22.7 Å². The highest BCUT2D eigenvalue weighted by molar-refractivity contribution is 7.91. The van der Waals surface area contributed by atoms with Crippen LogP contribution >= 0.6 is 11.3 Å². The molecular weight excluding hydrogens is 362 g/mol. The molecule has 0 fully saturated rings. The van der Waals surface area contributed by atoms with Crippen LogP contribution in [-0.4, -0.2) is 26.8 Å². The highest BCUT2D eigenvalue weighted by Crippen LogP contribution is 2.21. The molecule has 0 spiro atoms. The second-order valence-corrected chi connectivity index (χ2v) is 8.28. The van der Waals surface area contributed by atoms with Crippen molar-refractivity contribution in [2.75, 3.05) is 11.9 Å². The molecular formula is C16H19N3O4S2. The number of rotatable bonds is 7. The Morgan fingerprint density at radius 3 is 2.36 bits per heavy atom. The van der Waals surface area contributed by atoms with Crippen LogP contribution in [0.1, 0.15) is 28.6 Å². The monoisotopic (exact) mass is 381 g/mol. The number of carbonyl (C=O) groups is 2. The van der Waals surface area contributed by atoms with E-state index in [1.54, 1.807) is 30.3 Å². The van der Waals surface area contributed by atoms with Gasteiger partial charge >= 0.3 is 0 Å². The van der Waals surface area contributed by atoms with Crippen molar-refractivity contribution in [1.29, 1.82) is 0 Å². The third-order valence-electron chi connectivity index (χ3n) is 3.22. The Morgan fingerprint density at radius 2 is 1.80 bits per heavy atom. The standard InChI is InChI=1S/C16H19N3O4S2/c1-2-9-18-16(21)11-3-5-12(6-4-11)19-14(20)10-13-7-8-15(24-13)25(17,22)23/h3-8H,2,9-10H2,1H3,(H,18,21)(H,19,20)(H2,17,22,23). The number of benzene rings is 1. The first-order valence-corrected chi connectivity index (χ1v) is 9.95. The van der Waals surface area contributed by atoms with Crippen LogP contribution in [0, 0.1) is 0 Å². The van der Waals surface area contributed by atoms with Gasteiger partial charge < -0.3 is 10.6 Å². The lowest BCUT2D eigenvalue weighted by Gasteiger charge is -2.06. The minimum atomic E-state index is -3.75. The summed E-state index contributed by atoms with van der Waals surface area (Å²) in [7, 11) is -3.75. The molecule has 0 aliphatic heterocycles. The van der Waals surface area contributed by atoms with Crippen LogP contribution in [0.4, 0.5) is 5.69 Å². The van der Waals surface area contributed by atoms with E-state index in [-0.39, 0.29) is 22.4 Å². The first kappa shape index (κ1) is 19.1. The summed E-state index contributed by atoms with van der Waals surface area (Å²) in [6.45, 7) is 2.58. The van der Waals surface area contributed by atoms with Crippen molar-refractivity contribution in [2.45, 2.75) is 24.0 Å². The second kappa shape index (κ2) is 8.24. The van der Waals surface area contributed by atoms with Gasteiger partial charge in [-0.05, 0) is 42.8 Å². The predicted molar refractivity (Wildman–Crippen MR) is 97.1 cm³/mol. The molecule has 7 nitrogen and oxygen atoms in total. The Labute approximate surface area is 150 Å². The maximum Gasteiger partial charge on any atom is 0.251 e. The molecule has 4 N–H and O–H groups in total. The molecule has 2 rings (SSSR count). The average Bonchev–Trinajstić information content (AvgIpc) is 3.02. The molecule has 0 aliphatic rings. The van der Waals surface area contributed by atoms with Crippen molar-refractivity contribution in [1.82, 2.24) is 5.32 Å². The van der Waals surface area contributed by atoms with Crippen molar-refractivity contribution in [3.8, 4) is 0 Å². The SMILES string of the molecule is CCCNC(=O)c1ccc(NC(=O)Cc2ccc(S(N)(=O)=O)s2)cc1. The second-order valence-electron chi connectivity index (χ2n) is 5.32. The highest BCUT2D eigenvalue weighted by Gasteiger charge is 2.13. The number of thiophene rings is 1. The first-order chi connectivity index (χ1) is 11.8. The lowest BCUT2D eigenvalue weighted by Crippen LogP contribution is -2.23. The number of carbonyl (C=O) groups excluding carboxylic acids is 2. The van der Waals surface area contributed by atoms with E-state index in [1.807, 2.05) is 6.92 Å². The van der Waals surface area contributed by atoms with Gasteiger partial charge in [-0.15, -0.1) is 11.3 Å². The van der Waals surface area contributed by atoms with Crippen molar-refractivity contribution in [3.63, 3.8) is 0 Å². The van der Waals surface area contributed by atoms with Gasteiger partial charge in [-0.1, -0.05) is 6.92 Å². The Balaban J connectivity index is 1.94. The molecule has 9 heteroatoms. The number of nitrogens with one attached hydrogen (secondary N) is 2. The van der Waals surface area contributed by atoms with E-state index >= 15 is 0 Å². The smallest absolute Gasteiger partial charge is 0.251 e. The molecule has 0 saturated carbocycles. The van der Waals surface area contributed by atoms with Crippen LogP contribution in [0.25, 0.3) is 0 Å². The molecule has 25 heavy (non-hydrogen) atoms. The predicted octanol–water partition coefficient (Wildman–Crippen LogP) is 1.72. The molecule has 0 radical (unpaired) electrons. The van der Waals surface area contributed by atoms with Crippen LogP contribution in [0.15, 0.2) is 40.6 Å². The molecule has 1 aromatic carbocycles. The fourth-order valence-electron chi connectivity index (χ4n) is 2.02. The fourth-order valence-corrected chi connectivity index (χ4v) is 3.79. The minimum Gasteiger partial charge on any atom is -0.352 e. The van der Waals surface area contributed by atoms with Crippen molar-refractivity contribution >= 4 is 38.9 Å². The molecule has 2 aromatic rings. The minimum absolute atomic E-state index is 0.0257. The van der Waals surface area contributed by atoms with E-state index in [9.17, 15) is 18.0 Å². The molecule has 1 heterocycles. The fraction of sp³-hybridized carbons (Fsp3) is 0.250. The zero-order valence-corrected chi connectivity index (χ0v) is 15.2. The lowest BCUT2D eigenvalue weighted by atomic mass is 10.2. The summed E-state index contributed by atoms with van der Waals surface area (Å²) in [6.07, 6.45) is 0.898. The summed E-state index contributed by atoms with van der Waals surface area (Å²) in [4.78, 5) is 24.4. The first-order valence-electron chi connectivity index (χ1n) is 7.59. The highest BCUT2D eigenvalue weighted by atomic mass is 32.2. The molecule has 2 amide bonds. The van der Waals surface area contributed by atoms with Crippen LogP contribution in [0.3, 0.4) is 0 Å². The summed E-state index contributed by atoms with van der Waals surface area (Å²) < 4.78 is 22.5. The zero-order valence-electron chi connectivity index (χ0n) is 13.6. The topological polar surface area (TPSA) is 118 Å². The normalized spacial score (nSPS) is 11.1. The number of sulfonamides is 1. The average molecular weight is 381 g/mol. The van der Waals surface area contributed by atoms with Gasteiger partial charge in [0.15, 0.2) is 0 Å². The van der Waals surface area contributed by atoms with Gasteiger partial charge in [0, 0.05) is 22.7 Å². The summed E-state index contributed by atoms with van der Waals surface area (Å²) >= 11 is 0.966. The molecule has 0 atom stereocenters.